The molecule has 0 radical (unpaired) electrons. The van der Waals surface area contributed by atoms with Gasteiger partial charge >= 0.3 is 8.80 Å². The van der Waals surface area contributed by atoms with Crippen molar-refractivity contribution >= 4 is 8.80 Å². The average molecular weight is 270 g/mol. The molecule has 0 aliphatic heterocycles. The zero-order valence-electron chi connectivity index (χ0n) is 11.3. The Kier molecular flexibility index (Phi) is 6.96. The van der Waals surface area contributed by atoms with Crippen molar-refractivity contribution in [1.29, 1.82) is 0 Å². The summed E-state index contributed by atoms with van der Waals surface area (Å²) < 4.78 is 22.8. The lowest BCUT2D eigenvalue weighted by molar-refractivity contribution is 0.0541. The summed E-state index contributed by atoms with van der Waals surface area (Å²) >= 11 is 0. The van der Waals surface area contributed by atoms with Gasteiger partial charge in [-0.15, -0.1) is 0 Å². The second-order valence-electron chi connectivity index (χ2n) is 3.58. The van der Waals surface area contributed by atoms with Crippen molar-refractivity contribution in [2.45, 2.75) is 20.8 Å². The maximum Gasteiger partial charge on any atom is 0.540 e. The molecule has 4 nitrogen and oxygen atoms in total. The number of hydrogen-bond donors (Lipinski definition) is 0. The van der Waals surface area contributed by atoms with Gasteiger partial charge in [0.15, 0.2) is 6.23 Å². The van der Waals surface area contributed by atoms with E-state index in [0.717, 1.165) is 5.75 Å². The number of benzene rings is 1. The van der Waals surface area contributed by atoms with Crippen LogP contribution in [-0.4, -0.2) is 34.9 Å². The fourth-order valence-corrected chi connectivity index (χ4v) is 3.76. The lowest BCUT2D eigenvalue weighted by atomic mass is 10.3. The van der Waals surface area contributed by atoms with Gasteiger partial charge in [-0.1, -0.05) is 18.2 Å². The van der Waals surface area contributed by atoms with Gasteiger partial charge in [0.2, 0.25) is 0 Å². The van der Waals surface area contributed by atoms with E-state index >= 15 is 0 Å². The van der Waals surface area contributed by atoms with E-state index < -0.39 is 8.80 Å². The molecule has 0 heterocycles. The monoisotopic (exact) mass is 270 g/mol. The van der Waals surface area contributed by atoms with Crippen molar-refractivity contribution in [3.63, 3.8) is 0 Å². The minimum atomic E-state index is -2.70. The minimum Gasteiger partial charge on any atom is -0.489 e. The van der Waals surface area contributed by atoms with Crippen molar-refractivity contribution in [2.24, 2.45) is 0 Å². The Balaban J connectivity index is 2.64. The first-order valence-electron chi connectivity index (χ1n) is 6.36. The van der Waals surface area contributed by atoms with E-state index in [1.54, 1.807) is 0 Å². The van der Waals surface area contributed by atoms with Crippen LogP contribution in [0, 0.1) is 0 Å². The molecule has 0 bridgehead atoms. The van der Waals surface area contributed by atoms with Gasteiger partial charge < -0.3 is 18.0 Å². The van der Waals surface area contributed by atoms with E-state index in [9.17, 15) is 0 Å². The second-order valence-corrected chi connectivity index (χ2v) is 6.10. The predicted octanol–water partition coefficient (Wildman–Crippen LogP) is 2.65. The van der Waals surface area contributed by atoms with Crippen LogP contribution in [0.2, 0.25) is 0 Å². The molecule has 0 aromatic heterocycles. The van der Waals surface area contributed by atoms with Crippen LogP contribution in [0.15, 0.2) is 30.3 Å². The summed E-state index contributed by atoms with van der Waals surface area (Å²) in [6.45, 7) is 7.48. The van der Waals surface area contributed by atoms with Gasteiger partial charge in [-0.3, -0.25) is 0 Å². The zero-order chi connectivity index (χ0) is 13.3. The number of rotatable bonds is 9. The van der Waals surface area contributed by atoms with Crippen LogP contribution >= 0.6 is 0 Å². The second kappa shape index (κ2) is 8.26. The number of ether oxygens (including phenoxy) is 1. The smallest absolute Gasteiger partial charge is 0.489 e. The summed E-state index contributed by atoms with van der Waals surface area (Å²) in [7, 11) is -2.70. The highest BCUT2D eigenvalue weighted by atomic mass is 28.4. The maximum absolute atomic E-state index is 5.72. The third-order valence-corrected chi connectivity index (χ3v) is 4.93. The highest BCUT2D eigenvalue weighted by Crippen LogP contribution is 2.15. The fourth-order valence-electron chi connectivity index (χ4n) is 1.60. The average Bonchev–Trinajstić information content (AvgIpc) is 2.39. The zero-order valence-corrected chi connectivity index (χ0v) is 12.3. The first kappa shape index (κ1) is 15.2. The van der Waals surface area contributed by atoms with Crippen LogP contribution in [0.5, 0.6) is 5.75 Å². The molecule has 102 valence electrons. The van der Waals surface area contributed by atoms with Gasteiger partial charge in [0, 0.05) is 19.8 Å². The maximum atomic E-state index is 5.72. The molecule has 0 saturated carbocycles. The van der Waals surface area contributed by atoms with Gasteiger partial charge in [-0.2, -0.15) is 0 Å². The molecule has 1 rings (SSSR count). The Morgan fingerprint density at radius 1 is 0.833 bits per heavy atom. The summed E-state index contributed by atoms with van der Waals surface area (Å²) in [4.78, 5) is 0. The molecule has 1 aromatic rings. The lowest BCUT2D eigenvalue weighted by Crippen LogP contribution is -2.51. The van der Waals surface area contributed by atoms with Crippen LogP contribution in [0.25, 0.3) is 0 Å². The van der Waals surface area contributed by atoms with E-state index in [-0.39, 0.29) is 0 Å². The molecule has 0 unspecified atom stereocenters. The van der Waals surface area contributed by atoms with Crippen molar-refractivity contribution in [3.05, 3.63) is 30.3 Å². The van der Waals surface area contributed by atoms with E-state index in [1.807, 2.05) is 51.1 Å². The van der Waals surface area contributed by atoms with Crippen molar-refractivity contribution in [2.75, 3.05) is 26.1 Å². The molecule has 1 aromatic carbocycles. The lowest BCUT2D eigenvalue weighted by Gasteiger charge is -2.28. The molecule has 0 spiro atoms. The SMILES string of the molecule is CCO[Si](COc1ccccc1)(OCC)OCC. The largest absolute Gasteiger partial charge is 0.540 e. The molecule has 0 atom stereocenters. The van der Waals surface area contributed by atoms with Gasteiger partial charge in [0.05, 0.1) is 0 Å². The van der Waals surface area contributed by atoms with Crippen LogP contribution in [0.4, 0.5) is 0 Å². The summed E-state index contributed by atoms with van der Waals surface area (Å²) in [6.07, 6.45) is 0.340. The Morgan fingerprint density at radius 2 is 1.33 bits per heavy atom. The van der Waals surface area contributed by atoms with Crippen LogP contribution < -0.4 is 4.74 Å². The van der Waals surface area contributed by atoms with Gasteiger partial charge in [0.25, 0.3) is 0 Å². The molecule has 0 aliphatic carbocycles. The highest BCUT2D eigenvalue weighted by Gasteiger charge is 2.42. The Morgan fingerprint density at radius 3 is 1.78 bits per heavy atom. The summed E-state index contributed by atoms with van der Waals surface area (Å²) in [5, 5.41) is 0. The molecule has 0 fully saturated rings. The van der Waals surface area contributed by atoms with Gasteiger partial charge in [-0.25, -0.2) is 0 Å². The van der Waals surface area contributed by atoms with Gasteiger partial charge in [-0.05, 0) is 32.9 Å². The minimum absolute atomic E-state index is 0.340. The Bertz CT molecular complexity index is 301. The molecular formula is C13H22O4Si. The van der Waals surface area contributed by atoms with Crippen molar-refractivity contribution in [3.8, 4) is 5.75 Å². The molecule has 0 N–H and O–H groups in total. The van der Waals surface area contributed by atoms with E-state index in [1.165, 1.54) is 0 Å². The molecule has 5 heteroatoms. The normalized spacial score (nSPS) is 11.5. The Hall–Kier alpha value is -0.883. The fraction of sp³-hybridized carbons (Fsp3) is 0.538. The predicted molar refractivity (Wildman–Crippen MR) is 72.6 cm³/mol. The van der Waals surface area contributed by atoms with Gasteiger partial charge in [0.1, 0.15) is 5.75 Å². The number of para-hydroxylation sites is 1. The molecule has 0 saturated heterocycles. The topological polar surface area (TPSA) is 36.9 Å². The van der Waals surface area contributed by atoms with E-state index in [0.29, 0.717) is 26.1 Å². The first-order chi connectivity index (χ1) is 8.76. The quantitative estimate of drug-likeness (QED) is 0.646. The summed E-state index contributed by atoms with van der Waals surface area (Å²) in [5.41, 5.74) is 0. The van der Waals surface area contributed by atoms with Crippen molar-refractivity contribution in [1.82, 2.24) is 0 Å². The van der Waals surface area contributed by atoms with Crippen LogP contribution in [-0.2, 0) is 13.3 Å². The highest BCUT2D eigenvalue weighted by molar-refractivity contribution is 6.60. The summed E-state index contributed by atoms with van der Waals surface area (Å²) in [6, 6.07) is 9.62. The van der Waals surface area contributed by atoms with Crippen molar-refractivity contribution < 1.29 is 18.0 Å². The third-order valence-electron chi connectivity index (χ3n) is 2.25. The molecule has 0 amide bonds. The van der Waals surface area contributed by atoms with Crippen LogP contribution in [0.1, 0.15) is 20.8 Å². The standard InChI is InChI=1S/C13H22O4Si/c1-4-15-18(16-5-2,17-6-3)12-14-13-10-8-7-9-11-13/h7-11H,4-6,12H2,1-3H3. The summed E-state index contributed by atoms with van der Waals surface area (Å²) in [5.74, 6) is 0.800. The Labute approximate surface area is 110 Å². The first-order valence-corrected chi connectivity index (χ1v) is 8.29. The molecule has 0 aliphatic rings. The van der Waals surface area contributed by atoms with Crippen LogP contribution in [0.3, 0.4) is 0 Å². The molecule has 18 heavy (non-hydrogen) atoms. The third kappa shape index (κ3) is 4.78. The molecular weight excluding hydrogens is 248 g/mol. The van der Waals surface area contributed by atoms with E-state index in [2.05, 4.69) is 0 Å². The van der Waals surface area contributed by atoms with E-state index in [4.69, 9.17) is 18.0 Å². The number of hydrogen-bond acceptors (Lipinski definition) is 4.